The zero-order valence-corrected chi connectivity index (χ0v) is 12.9. The smallest absolute Gasteiger partial charge is 0.137 e. The molecule has 1 aromatic heterocycles. The van der Waals surface area contributed by atoms with Gasteiger partial charge in [-0.2, -0.15) is 0 Å². The average molecular weight is 271 g/mol. The van der Waals surface area contributed by atoms with E-state index in [0.29, 0.717) is 11.0 Å². The SMILES string of the molecule is Cc1nc(Cl)c(C)c(NCC(C)(C)CN(C)C)n1. The minimum Gasteiger partial charge on any atom is -0.369 e. The van der Waals surface area contributed by atoms with Gasteiger partial charge in [0.15, 0.2) is 0 Å². The van der Waals surface area contributed by atoms with Gasteiger partial charge in [0, 0.05) is 18.7 Å². The summed E-state index contributed by atoms with van der Waals surface area (Å²) < 4.78 is 0. The van der Waals surface area contributed by atoms with Crippen molar-refractivity contribution in [2.45, 2.75) is 27.7 Å². The lowest BCUT2D eigenvalue weighted by Crippen LogP contribution is -2.34. The first-order valence-electron chi connectivity index (χ1n) is 6.10. The molecule has 1 heterocycles. The molecular weight excluding hydrogens is 248 g/mol. The highest BCUT2D eigenvalue weighted by atomic mass is 35.5. The molecule has 0 aliphatic rings. The molecule has 0 aliphatic heterocycles. The van der Waals surface area contributed by atoms with Crippen LogP contribution in [0.25, 0.3) is 0 Å². The first-order valence-corrected chi connectivity index (χ1v) is 6.48. The predicted molar refractivity (Wildman–Crippen MR) is 77.3 cm³/mol. The molecule has 0 amide bonds. The Morgan fingerprint density at radius 2 is 1.83 bits per heavy atom. The van der Waals surface area contributed by atoms with Crippen LogP contribution in [0.2, 0.25) is 5.15 Å². The predicted octanol–water partition coefficient (Wildman–Crippen LogP) is 2.75. The van der Waals surface area contributed by atoms with Gasteiger partial charge in [0.05, 0.1) is 0 Å². The molecule has 1 aromatic rings. The highest BCUT2D eigenvalue weighted by molar-refractivity contribution is 6.30. The Kier molecular flexibility index (Phi) is 4.93. The summed E-state index contributed by atoms with van der Waals surface area (Å²) in [5.41, 5.74) is 1.07. The maximum absolute atomic E-state index is 6.05. The molecule has 5 heteroatoms. The molecule has 4 nitrogen and oxygen atoms in total. The molecule has 0 unspecified atom stereocenters. The first kappa shape index (κ1) is 15.2. The van der Waals surface area contributed by atoms with E-state index in [0.717, 1.165) is 24.5 Å². The third-order valence-electron chi connectivity index (χ3n) is 2.68. The third kappa shape index (κ3) is 4.42. The lowest BCUT2D eigenvalue weighted by molar-refractivity contribution is 0.254. The molecule has 0 spiro atoms. The highest BCUT2D eigenvalue weighted by Crippen LogP contribution is 2.22. The summed E-state index contributed by atoms with van der Waals surface area (Å²) in [5.74, 6) is 1.53. The van der Waals surface area contributed by atoms with Crippen molar-refractivity contribution >= 4 is 17.4 Å². The van der Waals surface area contributed by atoms with Gasteiger partial charge in [-0.3, -0.25) is 0 Å². The van der Waals surface area contributed by atoms with Gasteiger partial charge in [0.25, 0.3) is 0 Å². The zero-order valence-electron chi connectivity index (χ0n) is 12.1. The highest BCUT2D eigenvalue weighted by Gasteiger charge is 2.19. The topological polar surface area (TPSA) is 41.1 Å². The number of aryl methyl sites for hydroxylation is 1. The van der Waals surface area contributed by atoms with Crippen LogP contribution < -0.4 is 5.32 Å². The van der Waals surface area contributed by atoms with E-state index in [1.807, 2.05) is 13.8 Å². The maximum Gasteiger partial charge on any atom is 0.137 e. The van der Waals surface area contributed by atoms with Gasteiger partial charge in [0.1, 0.15) is 16.8 Å². The van der Waals surface area contributed by atoms with Gasteiger partial charge in [0.2, 0.25) is 0 Å². The molecule has 0 saturated heterocycles. The monoisotopic (exact) mass is 270 g/mol. The van der Waals surface area contributed by atoms with E-state index in [9.17, 15) is 0 Å². The van der Waals surface area contributed by atoms with Crippen molar-refractivity contribution in [1.29, 1.82) is 0 Å². The lowest BCUT2D eigenvalue weighted by atomic mass is 9.93. The Hall–Kier alpha value is -0.870. The van der Waals surface area contributed by atoms with E-state index in [1.165, 1.54) is 0 Å². The maximum atomic E-state index is 6.05. The standard InChI is InChI=1S/C13H23ClN4/c1-9-11(14)16-10(2)17-12(9)15-7-13(3,4)8-18(5)6/h7-8H2,1-6H3,(H,15,16,17). The molecule has 0 bridgehead atoms. The van der Waals surface area contributed by atoms with Crippen LogP contribution in [-0.2, 0) is 0 Å². The van der Waals surface area contributed by atoms with Crippen LogP contribution in [0.5, 0.6) is 0 Å². The van der Waals surface area contributed by atoms with Crippen LogP contribution in [0, 0.1) is 19.3 Å². The molecule has 0 aromatic carbocycles. The number of nitrogens with zero attached hydrogens (tertiary/aromatic N) is 3. The number of anilines is 1. The van der Waals surface area contributed by atoms with Crippen molar-refractivity contribution in [3.63, 3.8) is 0 Å². The normalized spacial score (nSPS) is 12.0. The number of hydrogen-bond donors (Lipinski definition) is 1. The van der Waals surface area contributed by atoms with Crippen LogP contribution in [-0.4, -0.2) is 42.1 Å². The summed E-state index contributed by atoms with van der Waals surface area (Å²) >= 11 is 6.05. The van der Waals surface area contributed by atoms with Gasteiger partial charge in [-0.25, -0.2) is 9.97 Å². The molecule has 0 aliphatic carbocycles. The quantitative estimate of drug-likeness (QED) is 0.836. The van der Waals surface area contributed by atoms with Gasteiger partial charge >= 0.3 is 0 Å². The second kappa shape index (κ2) is 5.85. The van der Waals surface area contributed by atoms with Crippen molar-refractivity contribution in [3.05, 3.63) is 16.5 Å². The number of halogens is 1. The first-order chi connectivity index (χ1) is 8.21. The fourth-order valence-corrected chi connectivity index (χ4v) is 2.21. The minimum atomic E-state index is 0.168. The molecule has 0 atom stereocenters. The summed E-state index contributed by atoms with van der Waals surface area (Å²) in [7, 11) is 4.16. The molecular formula is C13H23ClN4. The second-order valence-electron chi connectivity index (χ2n) is 5.79. The van der Waals surface area contributed by atoms with Crippen LogP contribution in [0.1, 0.15) is 25.2 Å². The summed E-state index contributed by atoms with van der Waals surface area (Å²) in [4.78, 5) is 10.7. The second-order valence-corrected chi connectivity index (χ2v) is 6.15. The molecule has 18 heavy (non-hydrogen) atoms. The fraction of sp³-hybridized carbons (Fsp3) is 0.692. The van der Waals surface area contributed by atoms with E-state index >= 15 is 0 Å². The Bertz CT molecular complexity index is 416. The number of rotatable bonds is 5. The molecule has 0 saturated carbocycles. The van der Waals surface area contributed by atoms with Gasteiger partial charge in [-0.1, -0.05) is 25.4 Å². The molecule has 102 valence electrons. The van der Waals surface area contributed by atoms with Gasteiger partial charge in [-0.15, -0.1) is 0 Å². The number of nitrogens with one attached hydrogen (secondary N) is 1. The molecule has 1 rings (SSSR count). The van der Waals surface area contributed by atoms with E-state index in [1.54, 1.807) is 0 Å². The minimum absolute atomic E-state index is 0.168. The van der Waals surface area contributed by atoms with Crippen LogP contribution in [0.3, 0.4) is 0 Å². The van der Waals surface area contributed by atoms with Crippen LogP contribution >= 0.6 is 11.6 Å². The van der Waals surface area contributed by atoms with E-state index < -0.39 is 0 Å². The lowest BCUT2D eigenvalue weighted by Gasteiger charge is -2.29. The fourth-order valence-electron chi connectivity index (χ4n) is 2.00. The summed E-state index contributed by atoms with van der Waals surface area (Å²) in [6.45, 7) is 10.1. The van der Waals surface area contributed by atoms with Crippen molar-refractivity contribution < 1.29 is 0 Å². The summed E-state index contributed by atoms with van der Waals surface area (Å²) in [5, 5.41) is 3.90. The Morgan fingerprint density at radius 3 is 2.39 bits per heavy atom. The molecule has 1 N–H and O–H groups in total. The summed E-state index contributed by atoms with van der Waals surface area (Å²) in [6.07, 6.45) is 0. The van der Waals surface area contributed by atoms with Crippen LogP contribution in [0.4, 0.5) is 5.82 Å². The van der Waals surface area contributed by atoms with E-state index in [4.69, 9.17) is 11.6 Å². The summed E-state index contributed by atoms with van der Waals surface area (Å²) in [6, 6.07) is 0. The Balaban J connectivity index is 2.74. The number of hydrogen-bond acceptors (Lipinski definition) is 4. The average Bonchev–Trinajstić information content (AvgIpc) is 2.19. The van der Waals surface area contributed by atoms with E-state index in [-0.39, 0.29) is 5.41 Å². The number of aromatic nitrogens is 2. The Labute approximate surface area is 115 Å². The largest absolute Gasteiger partial charge is 0.369 e. The van der Waals surface area contributed by atoms with Gasteiger partial charge in [-0.05, 0) is 33.4 Å². The van der Waals surface area contributed by atoms with Crippen LogP contribution in [0.15, 0.2) is 0 Å². The third-order valence-corrected chi connectivity index (χ3v) is 3.04. The van der Waals surface area contributed by atoms with Crippen molar-refractivity contribution in [2.24, 2.45) is 5.41 Å². The van der Waals surface area contributed by atoms with Gasteiger partial charge < -0.3 is 10.2 Å². The van der Waals surface area contributed by atoms with Crippen molar-refractivity contribution in [2.75, 3.05) is 32.5 Å². The zero-order chi connectivity index (χ0) is 13.9. The Morgan fingerprint density at radius 1 is 1.22 bits per heavy atom. The van der Waals surface area contributed by atoms with Crippen molar-refractivity contribution in [3.8, 4) is 0 Å². The van der Waals surface area contributed by atoms with E-state index in [2.05, 4.69) is 48.1 Å². The van der Waals surface area contributed by atoms with Crippen molar-refractivity contribution in [1.82, 2.24) is 14.9 Å². The molecule has 0 fully saturated rings. The molecule has 0 radical (unpaired) electrons.